The molecule has 0 aliphatic carbocycles. The van der Waals surface area contributed by atoms with Gasteiger partial charge >= 0.3 is 0 Å². The molecule has 0 aromatic heterocycles. The van der Waals surface area contributed by atoms with Gasteiger partial charge in [-0.2, -0.15) is 0 Å². The number of nitrogens with one attached hydrogen (secondary N) is 1. The van der Waals surface area contributed by atoms with Crippen LogP contribution in [0.25, 0.3) is 0 Å². The molecule has 180 valence electrons. The molecule has 0 unspecified atom stereocenters. The molecule has 0 radical (unpaired) electrons. The molecule has 1 N–H and O–H groups in total. The summed E-state index contributed by atoms with van der Waals surface area (Å²) in [5.41, 5.74) is 1.04. The molecule has 0 spiro atoms. The molecule has 3 rings (SSSR count). The zero-order chi connectivity index (χ0) is 24.7. The predicted molar refractivity (Wildman–Crippen MR) is 130 cm³/mol. The molecule has 34 heavy (non-hydrogen) atoms. The quantitative estimate of drug-likeness (QED) is 0.471. The van der Waals surface area contributed by atoms with Gasteiger partial charge in [-0.05, 0) is 48.9 Å². The summed E-state index contributed by atoms with van der Waals surface area (Å²) in [6.07, 6.45) is 0. The number of nitrogens with zero attached hydrogens (tertiary/aromatic N) is 1. The van der Waals surface area contributed by atoms with Gasteiger partial charge in [0.15, 0.2) is 11.5 Å². The Kier molecular flexibility index (Phi) is 8.01. The summed E-state index contributed by atoms with van der Waals surface area (Å²) >= 11 is 0. The molecule has 0 heterocycles. The number of benzene rings is 3. The number of ether oxygens (including phenoxy) is 3. The first-order chi connectivity index (χ1) is 16.3. The zero-order valence-corrected chi connectivity index (χ0v) is 20.3. The highest BCUT2D eigenvalue weighted by molar-refractivity contribution is 7.92. The van der Waals surface area contributed by atoms with E-state index in [2.05, 4.69) is 5.32 Å². The van der Waals surface area contributed by atoms with E-state index < -0.39 is 28.5 Å². The van der Waals surface area contributed by atoms with Gasteiger partial charge in [0.1, 0.15) is 12.3 Å². The molecule has 3 aromatic carbocycles. The van der Waals surface area contributed by atoms with Crippen molar-refractivity contribution in [2.45, 2.75) is 17.9 Å². The number of hydrogen-bond donors (Lipinski definition) is 1. The predicted octanol–water partition coefficient (Wildman–Crippen LogP) is 3.79. The standard InChI is InChI=1S/C25H28N2O6S/c1-18(19-14-15-23(32-3)24(16-19)33-4)26-25(28)17-27(21-12-8-9-13-22(21)31-2)34(29,30)20-10-6-5-7-11-20/h5-16,18H,17H2,1-4H3,(H,26,28)/t18-/m1/s1. The molecular formula is C25H28N2O6S. The van der Waals surface area contributed by atoms with E-state index in [1.54, 1.807) is 68.6 Å². The highest BCUT2D eigenvalue weighted by atomic mass is 32.2. The van der Waals surface area contributed by atoms with Crippen LogP contribution < -0.4 is 23.8 Å². The summed E-state index contributed by atoms with van der Waals surface area (Å²) in [5, 5.41) is 2.86. The lowest BCUT2D eigenvalue weighted by Gasteiger charge is -2.26. The van der Waals surface area contributed by atoms with Gasteiger partial charge in [0.2, 0.25) is 5.91 Å². The molecule has 0 saturated heterocycles. The van der Waals surface area contributed by atoms with Gasteiger partial charge < -0.3 is 19.5 Å². The lowest BCUT2D eigenvalue weighted by atomic mass is 10.1. The minimum atomic E-state index is -4.05. The monoisotopic (exact) mass is 484 g/mol. The number of carbonyl (C=O) groups excluding carboxylic acids is 1. The number of sulfonamides is 1. The van der Waals surface area contributed by atoms with E-state index in [-0.39, 0.29) is 10.6 Å². The van der Waals surface area contributed by atoms with E-state index in [9.17, 15) is 13.2 Å². The number of amides is 1. The molecule has 8 nitrogen and oxygen atoms in total. The number of anilines is 1. The van der Waals surface area contributed by atoms with Crippen LogP contribution in [0.2, 0.25) is 0 Å². The molecule has 9 heteroatoms. The maximum absolute atomic E-state index is 13.5. The van der Waals surface area contributed by atoms with Gasteiger partial charge in [-0.3, -0.25) is 9.10 Å². The maximum Gasteiger partial charge on any atom is 0.264 e. The van der Waals surface area contributed by atoms with E-state index in [4.69, 9.17) is 14.2 Å². The second-order valence-corrected chi connectivity index (χ2v) is 9.26. The fraction of sp³-hybridized carbons (Fsp3) is 0.240. The van der Waals surface area contributed by atoms with Crippen molar-refractivity contribution in [2.24, 2.45) is 0 Å². The molecular weight excluding hydrogens is 456 g/mol. The van der Waals surface area contributed by atoms with E-state index in [1.165, 1.54) is 26.4 Å². The highest BCUT2D eigenvalue weighted by Gasteiger charge is 2.29. The van der Waals surface area contributed by atoms with Crippen molar-refractivity contribution in [3.05, 3.63) is 78.4 Å². The number of carbonyl (C=O) groups is 1. The average molecular weight is 485 g/mol. The Bertz CT molecular complexity index is 1230. The molecule has 0 bridgehead atoms. The molecule has 1 amide bonds. The first-order valence-electron chi connectivity index (χ1n) is 10.5. The van der Waals surface area contributed by atoms with Crippen LogP contribution in [0.3, 0.4) is 0 Å². The summed E-state index contributed by atoms with van der Waals surface area (Å²) in [5.74, 6) is 0.958. The molecule has 0 aliphatic heterocycles. The van der Waals surface area contributed by atoms with Crippen LogP contribution in [0.4, 0.5) is 5.69 Å². The fourth-order valence-electron chi connectivity index (χ4n) is 3.48. The van der Waals surface area contributed by atoms with Crippen LogP contribution in [0.5, 0.6) is 17.2 Å². The summed E-state index contributed by atoms with van der Waals surface area (Å²) in [6, 6.07) is 19.5. The number of hydrogen-bond acceptors (Lipinski definition) is 6. The van der Waals surface area contributed by atoms with Gasteiger partial charge in [0.25, 0.3) is 10.0 Å². The number of methoxy groups -OCH3 is 3. The Morgan fingerprint density at radius 2 is 1.47 bits per heavy atom. The van der Waals surface area contributed by atoms with E-state index in [0.717, 1.165) is 9.87 Å². The molecule has 0 saturated carbocycles. The fourth-order valence-corrected chi connectivity index (χ4v) is 4.93. The van der Waals surface area contributed by atoms with Crippen molar-refractivity contribution < 1.29 is 27.4 Å². The Labute approximate surface area is 200 Å². The van der Waals surface area contributed by atoms with Crippen LogP contribution in [0.1, 0.15) is 18.5 Å². The Morgan fingerprint density at radius 1 is 0.853 bits per heavy atom. The highest BCUT2D eigenvalue weighted by Crippen LogP contribution is 2.33. The topological polar surface area (TPSA) is 94.2 Å². The van der Waals surface area contributed by atoms with E-state index >= 15 is 0 Å². The van der Waals surface area contributed by atoms with Crippen LogP contribution >= 0.6 is 0 Å². The van der Waals surface area contributed by atoms with Gasteiger partial charge in [-0.25, -0.2) is 8.42 Å². The zero-order valence-electron chi connectivity index (χ0n) is 19.5. The van der Waals surface area contributed by atoms with Gasteiger partial charge in [-0.15, -0.1) is 0 Å². The summed E-state index contributed by atoms with van der Waals surface area (Å²) in [7, 11) is 0.480. The summed E-state index contributed by atoms with van der Waals surface area (Å²) in [4.78, 5) is 13.1. The molecule has 0 aliphatic rings. The maximum atomic E-state index is 13.5. The van der Waals surface area contributed by atoms with Crippen molar-refractivity contribution in [2.75, 3.05) is 32.2 Å². The minimum Gasteiger partial charge on any atom is -0.495 e. The SMILES string of the molecule is COc1ccc([C@@H](C)NC(=O)CN(c2ccccc2OC)S(=O)(=O)c2ccccc2)cc1OC. The van der Waals surface area contributed by atoms with Gasteiger partial charge in [-0.1, -0.05) is 36.4 Å². The first-order valence-corrected chi connectivity index (χ1v) is 12.0. The largest absolute Gasteiger partial charge is 0.495 e. The summed E-state index contributed by atoms with van der Waals surface area (Å²) in [6.45, 7) is 1.37. The van der Waals surface area contributed by atoms with Gasteiger partial charge in [0.05, 0.1) is 38.0 Å². The first kappa shape index (κ1) is 24.9. The van der Waals surface area contributed by atoms with Crippen LogP contribution in [-0.2, 0) is 14.8 Å². The lowest BCUT2D eigenvalue weighted by molar-refractivity contribution is -0.120. The van der Waals surface area contributed by atoms with Crippen molar-refractivity contribution in [1.29, 1.82) is 0 Å². The minimum absolute atomic E-state index is 0.0710. The summed E-state index contributed by atoms with van der Waals surface area (Å²) < 4.78 is 44.0. The van der Waals surface area contributed by atoms with Crippen molar-refractivity contribution in [3.8, 4) is 17.2 Å². The van der Waals surface area contributed by atoms with Crippen molar-refractivity contribution in [1.82, 2.24) is 5.32 Å². The van der Waals surface area contributed by atoms with Crippen LogP contribution in [-0.4, -0.2) is 42.2 Å². The van der Waals surface area contributed by atoms with Gasteiger partial charge in [0, 0.05) is 0 Å². The second-order valence-electron chi connectivity index (χ2n) is 7.40. The average Bonchev–Trinajstić information content (AvgIpc) is 2.87. The molecule has 0 fully saturated rings. The van der Waals surface area contributed by atoms with Crippen LogP contribution in [0.15, 0.2) is 77.7 Å². The third kappa shape index (κ3) is 5.43. The Balaban J connectivity index is 1.90. The lowest BCUT2D eigenvalue weighted by Crippen LogP contribution is -2.41. The smallest absolute Gasteiger partial charge is 0.264 e. The second kappa shape index (κ2) is 10.9. The number of rotatable bonds is 10. The molecule has 1 atom stereocenters. The van der Waals surface area contributed by atoms with Crippen molar-refractivity contribution in [3.63, 3.8) is 0 Å². The number of para-hydroxylation sites is 2. The van der Waals surface area contributed by atoms with E-state index in [1.807, 2.05) is 6.07 Å². The third-order valence-corrected chi connectivity index (χ3v) is 7.03. The van der Waals surface area contributed by atoms with E-state index in [0.29, 0.717) is 17.2 Å². The molecule has 3 aromatic rings. The normalized spacial score (nSPS) is 11.9. The van der Waals surface area contributed by atoms with Crippen LogP contribution in [0, 0.1) is 0 Å². The van der Waals surface area contributed by atoms with Crippen molar-refractivity contribution >= 4 is 21.6 Å². The third-order valence-electron chi connectivity index (χ3n) is 5.26. The Hall–Kier alpha value is -3.72. The Morgan fingerprint density at radius 3 is 2.12 bits per heavy atom.